The van der Waals surface area contributed by atoms with Crippen molar-refractivity contribution in [2.75, 3.05) is 7.11 Å². The molecular formula is C13H12ClFN2O. The minimum absolute atomic E-state index is 0.176. The van der Waals surface area contributed by atoms with E-state index in [0.29, 0.717) is 17.3 Å². The van der Waals surface area contributed by atoms with Crippen LogP contribution in [0.5, 0.6) is 5.75 Å². The van der Waals surface area contributed by atoms with Crippen molar-refractivity contribution in [1.29, 1.82) is 0 Å². The van der Waals surface area contributed by atoms with Gasteiger partial charge in [-0.2, -0.15) is 0 Å². The molecule has 1 heterocycles. The normalized spacial score (nSPS) is 10.4. The van der Waals surface area contributed by atoms with Crippen LogP contribution in [-0.4, -0.2) is 17.1 Å². The highest BCUT2D eigenvalue weighted by Gasteiger charge is 2.09. The summed E-state index contributed by atoms with van der Waals surface area (Å²) in [6.45, 7) is 1.86. The molecule has 0 saturated heterocycles. The van der Waals surface area contributed by atoms with Crippen molar-refractivity contribution in [2.45, 2.75) is 12.8 Å². The standard InChI is InChI=1S/C13H12ClFN2O/c1-8-10(6-14)7-16-13(17-8)9-3-4-11(15)12(5-9)18-2/h3-5,7H,6H2,1-2H3. The number of nitrogens with zero attached hydrogens (tertiary/aromatic N) is 2. The number of benzene rings is 1. The Morgan fingerprint density at radius 2 is 2.17 bits per heavy atom. The Balaban J connectivity index is 2.45. The molecule has 0 aliphatic heterocycles. The maximum absolute atomic E-state index is 13.3. The lowest BCUT2D eigenvalue weighted by atomic mass is 10.2. The molecule has 0 fully saturated rings. The molecule has 3 nitrogen and oxygen atoms in total. The third-order valence-electron chi connectivity index (χ3n) is 2.63. The number of alkyl halides is 1. The van der Waals surface area contributed by atoms with Gasteiger partial charge in [0.25, 0.3) is 0 Å². The predicted octanol–water partition coefficient (Wildman–Crippen LogP) is 3.34. The molecule has 0 aliphatic carbocycles. The first kappa shape index (κ1) is 12.8. The van der Waals surface area contributed by atoms with Crippen LogP contribution in [0, 0.1) is 12.7 Å². The van der Waals surface area contributed by atoms with Gasteiger partial charge in [0.05, 0.1) is 13.0 Å². The van der Waals surface area contributed by atoms with Gasteiger partial charge in [0, 0.05) is 23.0 Å². The van der Waals surface area contributed by atoms with Crippen LogP contribution in [0.15, 0.2) is 24.4 Å². The Morgan fingerprint density at radius 3 is 2.78 bits per heavy atom. The van der Waals surface area contributed by atoms with Gasteiger partial charge in [-0.3, -0.25) is 0 Å². The summed E-state index contributed by atoms with van der Waals surface area (Å²) in [5.41, 5.74) is 2.41. The van der Waals surface area contributed by atoms with Crippen molar-refractivity contribution in [3.05, 3.63) is 41.5 Å². The van der Waals surface area contributed by atoms with E-state index in [9.17, 15) is 4.39 Å². The van der Waals surface area contributed by atoms with E-state index < -0.39 is 5.82 Å². The fourth-order valence-corrected chi connectivity index (χ4v) is 1.82. The van der Waals surface area contributed by atoms with Crippen LogP contribution < -0.4 is 4.74 Å². The number of aromatic nitrogens is 2. The first-order chi connectivity index (χ1) is 8.65. The number of ether oxygens (including phenoxy) is 1. The topological polar surface area (TPSA) is 35.0 Å². The molecule has 0 spiro atoms. The van der Waals surface area contributed by atoms with E-state index >= 15 is 0 Å². The SMILES string of the molecule is COc1cc(-c2ncc(CCl)c(C)n2)ccc1F. The molecule has 0 N–H and O–H groups in total. The van der Waals surface area contributed by atoms with E-state index in [4.69, 9.17) is 16.3 Å². The van der Waals surface area contributed by atoms with Gasteiger partial charge < -0.3 is 4.74 Å². The number of hydrogen-bond acceptors (Lipinski definition) is 3. The predicted molar refractivity (Wildman–Crippen MR) is 68.3 cm³/mol. The van der Waals surface area contributed by atoms with E-state index in [1.807, 2.05) is 6.92 Å². The second kappa shape index (κ2) is 5.31. The first-order valence-corrected chi connectivity index (χ1v) is 5.91. The van der Waals surface area contributed by atoms with Gasteiger partial charge in [0.2, 0.25) is 0 Å². The lowest BCUT2D eigenvalue weighted by Gasteiger charge is -2.07. The average Bonchev–Trinajstić information content (AvgIpc) is 2.39. The minimum atomic E-state index is -0.407. The quantitative estimate of drug-likeness (QED) is 0.799. The third kappa shape index (κ3) is 2.43. The van der Waals surface area contributed by atoms with E-state index in [1.165, 1.54) is 13.2 Å². The van der Waals surface area contributed by atoms with Gasteiger partial charge in [-0.25, -0.2) is 14.4 Å². The molecule has 0 atom stereocenters. The van der Waals surface area contributed by atoms with Crippen LogP contribution in [0.3, 0.4) is 0 Å². The lowest BCUT2D eigenvalue weighted by Crippen LogP contribution is -1.97. The molecule has 94 valence electrons. The Labute approximate surface area is 110 Å². The van der Waals surface area contributed by atoms with Crippen LogP contribution in [0.2, 0.25) is 0 Å². The molecule has 18 heavy (non-hydrogen) atoms. The van der Waals surface area contributed by atoms with Crippen LogP contribution >= 0.6 is 11.6 Å². The first-order valence-electron chi connectivity index (χ1n) is 5.38. The summed E-state index contributed by atoms with van der Waals surface area (Å²) in [7, 11) is 1.42. The Hall–Kier alpha value is -1.68. The summed E-state index contributed by atoms with van der Waals surface area (Å²) in [5.74, 6) is 0.670. The molecule has 0 bridgehead atoms. The zero-order valence-electron chi connectivity index (χ0n) is 10.1. The fourth-order valence-electron chi connectivity index (χ4n) is 1.56. The zero-order valence-corrected chi connectivity index (χ0v) is 10.8. The van der Waals surface area contributed by atoms with E-state index in [2.05, 4.69) is 9.97 Å². The highest BCUT2D eigenvalue weighted by atomic mass is 35.5. The van der Waals surface area contributed by atoms with Crippen molar-refractivity contribution in [2.24, 2.45) is 0 Å². The highest BCUT2D eigenvalue weighted by molar-refractivity contribution is 6.17. The summed E-state index contributed by atoms with van der Waals surface area (Å²) < 4.78 is 18.2. The summed E-state index contributed by atoms with van der Waals surface area (Å²) >= 11 is 5.75. The Bertz CT molecular complexity index is 575. The maximum atomic E-state index is 13.3. The number of rotatable bonds is 3. The summed E-state index contributed by atoms with van der Waals surface area (Å²) in [6.07, 6.45) is 1.68. The molecule has 0 saturated carbocycles. The molecule has 0 radical (unpaired) electrons. The van der Waals surface area contributed by atoms with Crippen LogP contribution in [0.1, 0.15) is 11.3 Å². The van der Waals surface area contributed by atoms with Crippen molar-refractivity contribution in [1.82, 2.24) is 9.97 Å². The monoisotopic (exact) mass is 266 g/mol. The van der Waals surface area contributed by atoms with Gasteiger partial charge in [0.15, 0.2) is 17.4 Å². The van der Waals surface area contributed by atoms with E-state index in [-0.39, 0.29) is 5.75 Å². The highest BCUT2D eigenvalue weighted by Crippen LogP contribution is 2.24. The van der Waals surface area contributed by atoms with Crippen LogP contribution in [0.4, 0.5) is 4.39 Å². The molecule has 2 aromatic rings. The number of hydrogen-bond donors (Lipinski definition) is 0. The van der Waals surface area contributed by atoms with Crippen molar-refractivity contribution < 1.29 is 9.13 Å². The third-order valence-corrected chi connectivity index (χ3v) is 2.92. The smallest absolute Gasteiger partial charge is 0.165 e. The van der Waals surface area contributed by atoms with Crippen molar-refractivity contribution in [3.8, 4) is 17.1 Å². The van der Waals surface area contributed by atoms with E-state index in [0.717, 1.165) is 11.3 Å². The summed E-state index contributed by atoms with van der Waals surface area (Å²) in [6, 6.07) is 4.53. The average molecular weight is 267 g/mol. The zero-order chi connectivity index (χ0) is 13.1. The van der Waals surface area contributed by atoms with Crippen LogP contribution in [0.25, 0.3) is 11.4 Å². The van der Waals surface area contributed by atoms with Gasteiger partial charge in [-0.15, -0.1) is 11.6 Å². The maximum Gasteiger partial charge on any atom is 0.165 e. The second-order valence-corrected chi connectivity index (χ2v) is 4.05. The molecule has 2 rings (SSSR count). The second-order valence-electron chi connectivity index (χ2n) is 3.79. The molecule has 1 aromatic carbocycles. The molecule has 1 aromatic heterocycles. The molecular weight excluding hydrogens is 255 g/mol. The van der Waals surface area contributed by atoms with Crippen LogP contribution in [-0.2, 0) is 5.88 Å². The fraction of sp³-hybridized carbons (Fsp3) is 0.231. The van der Waals surface area contributed by atoms with Crippen molar-refractivity contribution >= 4 is 11.6 Å². The Morgan fingerprint density at radius 1 is 1.39 bits per heavy atom. The van der Waals surface area contributed by atoms with E-state index in [1.54, 1.807) is 18.3 Å². The molecule has 0 aliphatic rings. The minimum Gasteiger partial charge on any atom is -0.494 e. The van der Waals surface area contributed by atoms with Crippen molar-refractivity contribution in [3.63, 3.8) is 0 Å². The lowest BCUT2D eigenvalue weighted by molar-refractivity contribution is 0.387. The van der Waals surface area contributed by atoms with Gasteiger partial charge in [0.1, 0.15) is 0 Å². The Kier molecular flexibility index (Phi) is 3.77. The van der Waals surface area contributed by atoms with Gasteiger partial charge in [-0.1, -0.05) is 0 Å². The summed E-state index contributed by atoms with van der Waals surface area (Å²) in [5, 5.41) is 0. The molecule has 0 amide bonds. The largest absolute Gasteiger partial charge is 0.494 e. The number of aryl methyl sites for hydroxylation is 1. The van der Waals surface area contributed by atoms with Gasteiger partial charge >= 0.3 is 0 Å². The van der Waals surface area contributed by atoms with Gasteiger partial charge in [-0.05, 0) is 25.1 Å². The molecule has 0 unspecified atom stereocenters. The molecule has 5 heteroatoms. The number of halogens is 2. The number of methoxy groups -OCH3 is 1. The summed E-state index contributed by atoms with van der Waals surface area (Å²) in [4.78, 5) is 8.56.